The molecular weight excluding hydrogens is 238 g/mol. The van der Waals surface area contributed by atoms with Crippen LogP contribution in [0.2, 0.25) is 0 Å². The van der Waals surface area contributed by atoms with Gasteiger partial charge in [-0.1, -0.05) is 38.1 Å². The van der Waals surface area contributed by atoms with Crippen LogP contribution in [-0.2, 0) is 14.3 Å². The summed E-state index contributed by atoms with van der Waals surface area (Å²) in [6.07, 6.45) is 0.196. The fourth-order valence-corrected chi connectivity index (χ4v) is 1.70. The summed E-state index contributed by atoms with van der Waals surface area (Å²) in [4.78, 5) is 22.1. The fourth-order valence-electron chi connectivity index (χ4n) is 1.70. The van der Waals surface area contributed by atoms with E-state index in [2.05, 4.69) is 5.18 Å². The molecule has 0 unspecified atom stereocenters. The molecule has 1 heterocycles. The SMILES string of the molecule is CO[C@H]1C(=O)O[C@@H]([C@H](O)/C=C/C(C)(C)C)[C@H]1N=O. The fraction of sp³-hybridized carbons (Fsp3) is 0.750. The molecule has 0 aromatic heterocycles. The van der Waals surface area contributed by atoms with Gasteiger partial charge in [0.25, 0.3) is 0 Å². The largest absolute Gasteiger partial charge is 0.455 e. The highest BCUT2D eigenvalue weighted by molar-refractivity contribution is 5.78. The molecule has 6 nitrogen and oxygen atoms in total. The molecule has 1 aliphatic rings. The maximum Gasteiger partial charge on any atom is 0.338 e. The quantitative estimate of drug-likeness (QED) is 0.462. The van der Waals surface area contributed by atoms with Crippen molar-refractivity contribution < 1.29 is 19.4 Å². The van der Waals surface area contributed by atoms with Gasteiger partial charge in [-0.15, -0.1) is 0 Å². The van der Waals surface area contributed by atoms with Gasteiger partial charge < -0.3 is 14.6 Å². The van der Waals surface area contributed by atoms with E-state index in [1.54, 1.807) is 6.08 Å². The van der Waals surface area contributed by atoms with Gasteiger partial charge in [0.05, 0.1) is 0 Å². The lowest BCUT2D eigenvalue weighted by molar-refractivity contribution is -0.150. The van der Waals surface area contributed by atoms with Crippen LogP contribution < -0.4 is 0 Å². The molecule has 0 aromatic carbocycles. The lowest BCUT2D eigenvalue weighted by Crippen LogP contribution is -2.37. The third kappa shape index (κ3) is 3.36. The number of aliphatic hydroxyl groups is 1. The summed E-state index contributed by atoms with van der Waals surface area (Å²) in [5.41, 5.74) is -0.117. The van der Waals surface area contributed by atoms with Gasteiger partial charge in [-0.05, 0) is 5.41 Å². The van der Waals surface area contributed by atoms with Gasteiger partial charge in [-0.2, -0.15) is 4.91 Å². The number of allylic oxidation sites excluding steroid dienone is 1. The normalized spacial score (nSPS) is 30.5. The van der Waals surface area contributed by atoms with Crippen molar-refractivity contribution in [2.24, 2.45) is 10.6 Å². The monoisotopic (exact) mass is 257 g/mol. The standard InChI is InChI=1S/C12H19NO5/c1-12(2,3)6-5-7(14)9-8(13-16)10(17-4)11(15)18-9/h5-10,14H,1-4H3/b6-5+/t7-,8-,9+,10-/m1/s1. The van der Waals surface area contributed by atoms with Crippen molar-refractivity contribution in [2.45, 2.75) is 45.1 Å². The van der Waals surface area contributed by atoms with Crippen molar-refractivity contribution in [1.82, 2.24) is 0 Å². The van der Waals surface area contributed by atoms with Crippen LogP contribution in [0.25, 0.3) is 0 Å². The number of carbonyl (C=O) groups excluding carboxylic acids is 1. The Morgan fingerprint density at radius 1 is 1.50 bits per heavy atom. The van der Waals surface area contributed by atoms with Gasteiger partial charge in [0, 0.05) is 7.11 Å². The summed E-state index contributed by atoms with van der Waals surface area (Å²) in [7, 11) is 1.30. The molecule has 1 N–H and O–H groups in total. The molecule has 0 aliphatic carbocycles. The van der Waals surface area contributed by atoms with E-state index in [1.807, 2.05) is 20.8 Å². The molecule has 0 radical (unpaired) electrons. The van der Waals surface area contributed by atoms with Crippen molar-refractivity contribution in [3.63, 3.8) is 0 Å². The van der Waals surface area contributed by atoms with Crippen molar-refractivity contribution >= 4 is 5.97 Å². The molecular formula is C12H19NO5. The second kappa shape index (κ2) is 5.58. The molecule has 1 aliphatic heterocycles. The minimum Gasteiger partial charge on any atom is -0.455 e. The first-order chi connectivity index (χ1) is 8.30. The lowest BCUT2D eigenvalue weighted by atomic mass is 9.94. The molecule has 0 bridgehead atoms. The second-order valence-electron chi connectivity index (χ2n) is 5.37. The van der Waals surface area contributed by atoms with Crippen LogP contribution >= 0.6 is 0 Å². The average Bonchev–Trinajstić information content (AvgIpc) is 2.61. The molecule has 0 aromatic rings. The van der Waals surface area contributed by atoms with Gasteiger partial charge in [0.15, 0.2) is 18.2 Å². The maximum atomic E-state index is 11.4. The minimum atomic E-state index is -1.07. The number of carbonyl (C=O) groups is 1. The molecule has 1 rings (SSSR count). The van der Waals surface area contributed by atoms with Crippen molar-refractivity contribution in [2.75, 3.05) is 7.11 Å². The molecule has 1 fully saturated rings. The Morgan fingerprint density at radius 2 is 2.11 bits per heavy atom. The number of nitroso groups, excluding NO2 is 1. The van der Waals surface area contributed by atoms with Crippen molar-refractivity contribution in [1.29, 1.82) is 0 Å². The van der Waals surface area contributed by atoms with Crippen LogP contribution in [-0.4, -0.2) is 42.5 Å². The highest BCUT2D eigenvalue weighted by Crippen LogP contribution is 2.25. The first kappa shape index (κ1) is 14.8. The Labute approximate surface area is 106 Å². The molecule has 18 heavy (non-hydrogen) atoms. The van der Waals surface area contributed by atoms with E-state index in [1.165, 1.54) is 13.2 Å². The minimum absolute atomic E-state index is 0.117. The van der Waals surface area contributed by atoms with Crippen LogP contribution in [0.5, 0.6) is 0 Å². The van der Waals surface area contributed by atoms with E-state index in [0.717, 1.165) is 0 Å². The van der Waals surface area contributed by atoms with Crippen LogP contribution in [0.4, 0.5) is 0 Å². The van der Waals surface area contributed by atoms with Crippen molar-refractivity contribution in [3.8, 4) is 0 Å². The Bertz CT molecular complexity index is 347. The molecule has 0 saturated carbocycles. The van der Waals surface area contributed by atoms with Gasteiger partial charge in [0.1, 0.15) is 6.10 Å². The van der Waals surface area contributed by atoms with Crippen LogP contribution in [0.1, 0.15) is 20.8 Å². The van der Waals surface area contributed by atoms with Gasteiger partial charge in [-0.25, -0.2) is 4.79 Å². The predicted octanol–water partition coefficient (Wildman–Crippen LogP) is 1.02. The summed E-state index contributed by atoms with van der Waals surface area (Å²) in [6.45, 7) is 5.89. The number of methoxy groups -OCH3 is 1. The van der Waals surface area contributed by atoms with E-state index in [0.29, 0.717) is 0 Å². The Balaban J connectivity index is 2.80. The van der Waals surface area contributed by atoms with Gasteiger partial charge in [0.2, 0.25) is 0 Å². The molecule has 0 amide bonds. The molecule has 102 valence electrons. The topological polar surface area (TPSA) is 85.2 Å². The Hall–Kier alpha value is -1.27. The third-order valence-corrected chi connectivity index (χ3v) is 2.64. The Morgan fingerprint density at radius 3 is 2.56 bits per heavy atom. The first-order valence-electron chi connectivity index (χ1n) is 5.73. The van der Waals surface area contributed by atoms with E-state index in [-0.39, 0.29) is 5.41 Å². The number of hydrogen-bond acceptors (Lipinski definition) is 6. The van der Waals surface area contributed by atoms with Crippen LogP contribution in [0.3, 0.4) is 0 Å². The number of cyclic esters (lactones) is 1. The van der Waals surface area contributed by atoms with E-state index >= 15 is 0 Å². The smallest absolute Gasteiger partial charge is 0.338 e. The number of ether oxygens (including phenoxy) is 2. The average molecular weight is 257 g/mol. The summed E-state index contributed by atoms with van der Waals surface area (Å²) in [6, 6.07) is -1.03. The van der Waals surface area contributed by atoms with Gasteiger partial charge >= 0.3 is 5.97 Å². The molecule has 4 atom stereocenters. The van der Waals surface area contributed by atoms with Crippen molar-refractivity contribution in [3.05, 3.63) is 17.1 Å². The number of aliphatic hydroxyl groups excluding tert-OH is 1. The molecule has 0 spiro atoms. The summed E-state index contributed by atoms with van der Waals surface area (Å²) in [5, 5.41) is 12.7. The maximum absolute atomic E-state index is 11.4. The number of esters is 1. The second-order valence-corrected chi connectivity index (χ2v) is 5.37. The summed E-state index contributed by atoms with van der Waals surface area (Å²) >= 11 is 0. The molecule has 1 saturated heterocycles. The summed E-state index contributed by atoms with van der Waals surface area (Å²) < 4.78 is 9.79. The molecule has 6 heteroatoms. The number of rotatable bonds is 4. The number of hydrogen-bond donors (Lipinski definition) is 1. The zero-order valence-electron chi connectivity index (χ0n) is 11.0. The first-order valence-corrected chi connectivity index (χ1v) is 5.73. The zero-order valence-corrected chi connectivity index (χ0v) is 11.0. The Kier molecular flexibility index (Phi) is 4.59. The third-order valence-electron chi connectivity index (χ3n) is 2.64. The van der Waals surface area contributed by atoms with Crippen LogP contribution in [0, 0.1) is 10.3 Å². The van der Waals surface area contributed by atoms with E-state index < -0.39 is 30.3 Å². The van der Waals surface area contributed by atoms with Gasteiger partial charge in [-0.3, -0.25) is 0 Å². The highest BCUT2D eigenvalue weighted by Gasteiger charge is 2.49. The zero-order chi connectivity index (χ0) is 13.9. The summed E-state index contributed by atoms with van der Waals surface area (Å²) in [5.74, 6) is -0.671. The van der Waals surface area contributed by atoms with Crippen LogP contribution in [0.15, 0.2) is 17.3 Å². The number of nitrogens with zero attached hydrogens (tertiary/aromatic N) is 1. The van der Waals surface area contributed by atoms with E-state index in [9.17, 15) is 14.8 Å². The lowest BCUT2D eigenvalue weighted by Gasteiger charge is -2.18. The highest BCUT2D eigenvalue weighted by atomic mass is 16.6. The van der Waals surface area contributed by atoms with E-state index in [4.69, 9.17) is 9.47 Å². The predicted molar refractivity (Wildman–Crippen MR) is 64.9 cm³/mol.